The van der Waals surface area contributed by atoms with Crippen LogP contribution in [-0.4, -0.2) is 15.5 Å². The first-order valence-corrected chi connectivity index (χ1v) is 8.15. The Morgan fingerprint density at radius 2 is 1.68 bits per heavy atom. The molecule has 0 bridgehead atoms. The van der Waals surface area contributed by atoms with E-state index in [2.05, 4.69) is 27.0 Å². The molecule has 0 aliphatic carbocycles. The quantitative estimate of drug-likeness (QED) is 0.606. The maximum absolute atomic E-state index is 12.7. The number of hydrogen-bond acceptors (Lipinski definition) is 2. The van der Waals surface area contributed by atoms with E-state index >= 15 is 0 Å². The summed E-state index contributed by atoms with van der Waals surface area (Å²) in [4.78, 5) is 16.9. The Hall–Kier alpha value is -3.40. The molecule has 122 valence electrons. The lowest BCUT2D eigenvalue weighted by Crippen LogP contribution is -2.12. The molecule has 0 saturated carbocycles. The molecule has 0 spiro atoms. The summed E-state index contributed by atoms with van der Waals surface area (Å²) in [5.41, 5.74) is 2.88. The van der Waals surface area contributed by atoms with Gasteiger partial charge in [0.2, 0.25) is 0 Å². The average Bonchev–Trinajstić information content (AvgIpc) is 3.02. The van der Waals surface area contributed by atoms with Crippen molar-refractivity contribution >= 4 is 22.6 Å². The second-order valence-corrected chi connectivity index (χ2v) is 5.84. The Kier molecular flexibility index (Phi) is 4.01. The van der Waals surface area contributed by atoms with Crippen LogP contribution in [0.5, 0.6) is 0 Å². The third kappa shape index (κ3) is 3.15. The Labute approximate surface area is 145 Å². The third-order valence-electron chi connectivity index (χ3n) is 4.14. The highest BCUT2D eigenvalue weighted by Gasteiger charge is 2.15. The summed E-state index contributed by atoms with van der Waals surface area (Å²) in [6.07, 6.45) is 3.57. The van der Waals surface area contributed by atoms with Gasteiger partial charge in [0, 0.05) is 29.8 Å². The molecule has 0 unspecified atom stereocenters. The number of nitrogens with zero attached hydrogens (tertiary/aromatic N) is 2. The number of amides is 1. The molecular formula is C21H17N3O. The first kappa shape index (κ1) is 15.1. The van der Waals surface area contributed by atoms with E-state index in [1.807, 2.05) is 60.8 Å². The molecule has 0 aliphatic rings. The number of rotatable bonds is 4. The van der Waals surface area contributed by atoms with Crippen molar-refractivity contribution in [2.75, 3.05) is 5.32 Å². The van der Waals surface area contributed by atoms with Crippen LogP contribution in [0.4, 0.5) is 5.82 Å². The van der Waals surface area contributed by atoms with Gasteiger partial charge in [0.15, 0.2) is 0 Å². The van der Waals surface area contributed by atoms with Gasteiger partial charge in [-0.15, -0.1) is 0 Å². The molecule has 2 heterocycles. The second-order valence-electron chi connectivity index (χ2n) is 5.84. The fraction of sp³-hybridized carbons (Fsp3) is 0.0476. The highest BCUT2D eigenvalue weighted by Crippen LogP contribution is 2.23. The Bertz CT molecular complexity index is 1010. The van der Waals surface area contributed by atoms with Gasteiger partial charge in [-0.1, -0.05) is 54.6 Å². The van der Waals surface area contributed by atoms with Crippen LogP contribution in [0.1, 0.15) is 15.9 Å². The van der Waals surface area contributed by atoms with Crippen LogP contribution in [-0.2, 0) is 6.54 Å². The summed E-state index contributed by atoms with van der Waals surface area (Å²) in [5, 5.41) is 3.80. The summed E-state index contributed by atoms with van der Waals surface area (Å²) in [6.45, 7) is 0.720. The monoisotopic (exact) mass is 327 g/mol. The maximum atomic E-state index is 12.7. The van der Waals surface area contributed by atoms with Crippen molar-refractivity contribution in [2.24, 2.45) is 0 Å². The van der Waals surface area contributed by atoms with Crippen LogP contribution in [0.15, 0.2) is 85.2 Å². The molecule has 4 aromatic rings. The molecule has 1 amide bonds. The highest BCUT2D eigenvalue weighted by molar-refractivity contribution is 6.12. The largest absolute Gasteiger partial charge is 0.342 e. The standard InChI is InChI=1S/C21H17N3O/c25-21(23-20-12-6-7-13-22-20)18-15-24(14-16-8-2-1-3-9-16)19-11-5-4-10-17(18)19/h1-13,15H,14H2,(H,22,23,25). The predicted molar refractivity (Wildman–Crippen MR) is 99.7 cm³/mol. The number of anilines is 1. The van der Waals surface area contributed by atoms with Crippen molar-refractivity contribution in [3.63, 3.8) is 0 Å². The van der Waals surface area contributed by atoms with Gasteiger partial charge in [-0.05, 0) is 23.8 Å². The minimum Gasteiger partial charge on any atom is -0.342 e. The number of para-hydroxylation sites is 1. The summed E-state index contributed by atoms with van der Waals surface area (Å²) >= 11 is 0. The third-order valence-corrected chi connectivity index (χ3v) is 4.14. The zero-order chi connectivity index (χ0) is 17.1. The molecule has 25 heavy (non-hydrogen) atoms. The number of aromatic nitrogens is 2. The minimum absolute atomic E-state index is 0.151. The highest BCUT2D eigenvalue weighted by atomic mass is 16.1. The first-order valence-electron chi connectivity index (χ1n) is 8.15. The zero-order valence-corrected chi connectivity index (χ0v) is 13.6. The molecule has 2 aromatic carbocycles. The first-order chi connectivity index (χ1) is 12.3. The molecule has 0 radical (unpaired) electrons. The molecule has 4 nitrogen and oxygen atoms in total. The Morgan fingerprint density at radius 3 is 2.48 bits per heavy atom. The number of carbonyl (C=O) groups excluding carboxylic acids is 1. The van der Waals surface area contributed by atoms with Gasteiger partial charge < -0.3 is 9.88 Å². The van der Waals surface area contributed by atoms with Crippen LogP contribution in [0.25, 0.3) is 10.9 Å². The topological polar surface area (TPSA) is 46.9 Å². The lowest BCUT2D eigenvalue weighted by atomic mass is 10.1. The molecule has 0 aliphatic heterocycles. The van der Waals surface area contributed by atoms with Crippen LogP contribution < -0.4 is 5.32 Å². The van der Waals surface area contributed by atoms with E-state index in [1.165, 1.54) is 5.56 Å². The number of hydrogen-bond donors (Lipinski definition) is 1. The van der Waals surface area contributed by atoms with Crippen molar-refractivity contribution in [1.82, 2.24) is 9.55 Å². The van der Waals surface area contributed by atoms with E-state index < -0.39 is 0 Å². The van der Waals surface area contributed by atoms with Crippen LogP contribution in [0.2, 0.25) is 0 Å². The summed E-state index contributed by atoms with van der Waals surface area (Å²) in [5.74, 6) is 0.397. The average molecular weight is 327 g/mol. The molecule has 0 fully saturated rings. The van der Waals surface area contributed by atoms with Crippen molar-refractivity contribution < 1.29 is 4.79 Å². The predicted octanol–water partition coefficient (Wildman–Crippen LogP) is 4.34. The molecule has 0 saturated heterocycles. The van der Waals surface area contributed by atoms with Gasteiger partial charge in [-0.2, -0.15) is 0 Å². The lowest BCUT2D eigenvalue weighted by Gasteiger charge is -2.05. The van der Waals surface area contributed by atoms with E-state index in [1.54, 1.807) is 12.3 Å². The molecule has 1 N–H and O–H groups in total. The Morgan fingerprint density at radius 1 is 0.920 bits per heavy atom. The molecule has 4 heteroatoms. The van der Waals surface area contributed by atoms with Crippen LogP contribution in [0.3, 0.4) is 0 Å². The smallest absolute Gasteiger partial charge is 0.258 e. The lowest BCUT2D eigenvalue weighted by molar-refractivity contribution is 0.102. The minimum atomic E-state index is -0.151. The van der Waals surface area contributed by atoms with E-state index in [9.17, 15) is 4.79 Å². The van der Waals surface area contributed by atoms with Gasteiger partial charge in [-0.3, -0.25) is 4.79 Å². The van der Waals surface area contributed by atoms with Crippen molar-refractivity contribution in [1.29, 1.82) is 0 Å². The van der Waals surface area contributed by atoms with Gasteiger partial charge >= 0.3 is 0 Å². The summed E-state index contributed by atoms with van der Waals surface area (Å²) in [7, 11) is 0. The number of carbonyl (C=O) groups is 1. The van der Waals surface area contributed by atoms with E-state index in [0.717, 1.165) is 17.4 Å². The van der Waals surface area contributed by atoms with Gasteiger partial charge in [0.1, 0.15) is 5.82 Å². The SMILES string of the molecule is O=C(Nc1ccccn1)c1cn(Cc2ccccc2)c2ccccc12. The number of pyridine rings is 1. The number of benzene rings is 2. The Balaban J connectivity index is 1.71. The van der Waals surface area contributed by atoms with Crippen molar-refractivity contribution in [3.05, 3.63) is 96.3 Å². The van der Waals surface area contributed by atoms with E-state index in [4.69, 9.17) is 0 Å². The fourth-order valence-electron chi connectivity index (χ4n) is 2.96. The fourth-order valence-corrected chi connectivity index (χ4v) is 2.96. The zero-order valence-electron chi connectivity index (χ0n) is 13.6. The summed E-state index contributed by atoms with van der Waals surface area (Å²) < 4.78 is 2.11. The normalized spacial score (nSPS) is 10.7. The van der Waals surface area contributed by atoms with E-state index in [-0.39, 0.29) is 5.91 Å². The van der Waals surface area contributed by atoms with Crippen LogP contribution >= 0.6 is 0 Å². The summed E-state index contributed by atoms with van der Waals surface area (Å²) in [6, 6.07) is 23.6. The van der Waals surface area contributed by atoms with Crippen molar-refractivity contribution in [3.8, 4) is 0 Å². The van der Waals surface area contributed by atoms with Gasteiger partial charge in [-0.25, -0.2) is 4.98 Å². The maximum Gasteiger partial charge on any atom is 0.258 e. The van der Waals surface area contributed by atoms with E-state index in [0.29, 0.717) is 11.4 Å². The van der Waals surface area contributed by atoms with Crippen LogP contribution in [0, 0.1) is 0 Å². The van der Waals surface area contributed by atoms with Gasteiger partial charge in [0.25, 0.3) is 5.91 Å². The molecule has 0 atom stereocenters. The second kappa shape index (κ2) is 6.61. The number of nitrogens with one attached hydrogen (secondary N) is 1. The number of fused-ring (bicyclic) bond motifs is 1. The molecule has 4 rings (SSSR count). The van der Waals surface area contributed by atoms with Gasteiger partial charge in [0.05, 0.1) is 5.56 Å². The van der Waals surface area contributed by atoms with Crippen molar-refractivity contribution in [2.45, 2.75) is 6.54 Å². The molecular weight excluding hydrogens is 310 g/mol. The molecule has 2 aromatic heterocycles.